The predicted octanol–water partition coefficient (Wildman–Crippen LogP) is 3.54. The number of carbonyl (C=O) groups is 1. The van der Waals surface area contributed by atoms with Crippen LogP contribution in [0.2, 0.25) is 5.02 Å². The van der Waals surface area contributed by atoms with Crippen LogP contribution in [0.4, 0.5) is 4.39 Å². The lowest BCUT2D eigenvalue weighted by molar-refractivity contribution is 0.0789. The molecular formula is C15H15ClFNO2S. The highest BCUT2D eigenvalue weighted by atomic mass is 35.5. The van der Waals surface area contributed by atoms with Gasteiger partial charge < -0.3 is 10.0 Å². The molecule has 112 valence electrons. The van der Waals surface area contributed by atoms with Gasteiger partial charge in [0.1, 0.15) is 10.7 Å². The molecule has 1 N–H and O–H groups in total. The van der Waals surface area contributed by atoms with Crippen molar-refractivity contribution in [2.24, 2.45) is 5.92 Å². The summed E-state index contributed by atoms with van der Waals surface area (Å²) in [6, 6.07) is 4.36. The lowest BCUT2D eigenvalue weighted by Crippen LogP contribution is -2.28. The summed E-state index contributed by atoms with van der Waals surface area (Å²) >= 11 is 7.52. The van der Waals surface area contributed by atoms with E-state index in [2.05, 4.69) is 0 Å². The van der Waals surface area contributed by atoms with Gasteiger partial charge in [-0.1, -0.05) is 11.6 Å². The largest absolute Gasteiger partial charge is 0.396 e. The first-order chi connectivity index (χ1) is 10.1. The molecule has 1 unspecified atom stereocenters. The van der Waals surface area contributed by atoms with E-state index in [9.17, 15) is 9.18 Å². The Morgan fingerprint density at radius 2 is 2.33 bits per heavy atom. The van der Waals surface area contributed by atoms with E-state index in [0.29, 0.717) is 33.6 Å². The number of aliphatic hydroxyl groups excluding tert-OH is 1. The third-order valence-corrected chi connectivity index (χ3v) is 5.54. The Hall–Kier alpha value is -1.17. The molecule has 21 heavy (non-hydrogen) atoms. The Kier molecular flexibility index (Phi) is 4.15. The quantitative estimate of drug-likeness (QED) is 0.936. The molecule has 0 bridgehead atoms. The highest BCUT2D eigenvalue weighted by molar-refractivity contribution is 7.21. The van der Waals surface area contributed by atoms with Crippen LogP contribution in [0.1, 0.15) is 22.5 Å². The van der Waals surface area contributed by atoms with Gasteiger partial charge in [0.2, 0.25) is 0 Å². The number of carbonyl (C=O) groups excluding carboxylic acids is 1. The highest BCUT2D eigenvalue weighted by Crippen LogP contribution is 2.37. The van der Waals surface area contributed by atoms with E-state index in [1.807, 2.05) is 0 Å². The molecule has 1 atom stereocenters. The average molecular weight is 328 g/mol. The van der Waals surface area contributed by atoms with Gasteiger partial charge in [-0.25, -0.2) is 4.39 Å². The summed E-state index contributed by atoms with van der Waals surface area (Å²) < 4.78 is 13.9. The number of amides is 1. The van der Waals surface area contributed by atoms with Crippen molar-refractivity contribution in [1.29, 1.82) is 0 Å². The van der Waals surface area contributed by atoms with E-state index in [-0.39, 0.29) is 18.3 Å². The molecule has 2 heterocycles. The first kappa shape index (κ1) is 14.8. The molecule has 0 saturated carbocycles. The lowest BCUT2D eigenvalue weighted by Gasteiger charge is -2.15. The molecule has 1 aromatic carbocycles. The molecule has 1 saturated heterocycles. The molecular weight excluding hydrogens is 313 g/mol. The van der Waals surface area contributed by atoms with Gasteiger partial charge in [-0.15, -0.1) is 11.3 Å². The number of thiophene rings is 1. The molecule has 3 nitrogen and oxygen atoms in total. The van der Waals surface area contributed by atoms with Crippen molar-refractivity contribution >= 4 is 38.9 Å². The normalized spacial score (nSPS) is 18.6. The molecule has 1 aliphatic rings. The maximum Gasteiger partial charge on any atom is 0.265 e. The number of likely N-dealkylation sites (tertiary alicyclic amines) is 1. The first-order valence-electron chi connectivity index (χ1n) is 6.88. The van der Waals surface area contributed by atoms with Crippen LogP contribution in [0, 0.1) is 11.7 Å². The smallest absolute Gasteiger partial charge is 0.265 e. The fourth-order valence-electron chi connectivity index (χ4n) is 2.76. The second kappa shape index (κ2) is 5.91. The minimum absolute atomic E-state index is 0.0953. The summed E-state index contributed by atoms with van der Waals surface area (Å²) in [6.07, 6.45) is 1.62. The maximum atomic E-state index is 13.3. The monoisotopic (exact) mass is 327 g/mol. The molecule has 3 rings (SSSR count). The van der Waals surface area contributed by atoms with Gasteiger partial charge in [-0.3, -0.25) is 4.79 Å². The van der Waals surface area contributed by atoms with E-state index < -0.39 is 0 Å². The van der Waals surface area contributed by atoms with Crippen LogP contribution >= 0.6 is 22.9 Å². The summed E-state index contributed by atoms with van der Waals surface area (Å²) in [4.78, 5) is 14.8. The topological polar surface area (TPSA) is 40.5 Å². The van der Waals surface area contributed by atoms with Gasteiger partial charge in [0.05, 0.1) is 5.02 Å². The van der Waals surface area contributed by atoms with Crippen molar-refractivity contribution in [3.05, 3.63) is 33.9 Å². The van der Waals surface area contributed by atoms with Crippen molar-refractivity contribution < 1.29 is 14.3 Å². The van der Waals surface area contributed by atoms with E-state index >= 15 is 0 Å². The van der Waals surface area contributed by atoms with E-state index in [4.69, 9.17) is 16.7 Å². The van der Waals surface area contributed by atoms with Crippen LogP contribution < -0.4 is 0 Å². The van der Waals surface area contributed by atoms with Crippen molar-refractivity contribution in [2.45, 2.75) is 12.8 Å². The third kappa shape index (κ3) is 2.78. The number of halogens is 2. The fourth-order valence-corrected chi connectivity index (χ4v) is 4.26. The number of hydrogen-bond acceptors (Lipinski definition) is 3. The standard InChI is InChI=1S/C15H15ClFNO2S/c16-13-11-2-1-10(17)7-12(11)21-14(13)15(20)18-5-3-9(8-18)4-6-19/h1-2,7,9,19H,3-6,8H2. The molecule has 0 spiro atoms. The Morgan fingerprint density at radius 3 is 3.10 bits per heavy atom. The zero-order valence-electron chi connectivity index (χ0n) is 11.3. The molecule has 0 radical (unpaired) electrons. The minimum atomic E-state index is -0.330. The Balaban J connectivity index is 1.87. The molecule has 1 fully saturated rings. The van der Waals surface area contributed by atoms with E-state index in [1.54, 1.807) is 11.0 Å². The van der Waals surface area contributed by atoms with Gasteiger partial charge in [0.15, 0.2) is 0 Å². The van der Waals surface area contributed by atoms with Crippen LogP contribution in [0.15, 0.2) is 18.2 Å². The Labute approximate surface area is 130 Å². The summed E-state index contributed by atoms with van der Waals surface area (Å²) in [5.41, 5.74) is 0. The maximum absolute atomic E-state index is 13.3. The van der Waals surface area contributed by atoms with Crippen LogP contribution in [0.25, 0.3) is 10.1 Å². The Morgan fingerprint density at radius 1 is 1.52 bits per heavy atom. The van der Waals surface area contributed by atoms with E-state index in [0.717, 1.165) is 18.2 Å². The van der Waals surface area contributed by atoms with Crippen LogP contribution in [0.5, 0.6) is 0 Å². The highest BCUT2D eigenvalue weighted by Gasteiger charge is 2.29. The number of fused-ring (bicyclic) bond motifs is 1. The molecule has 1 aliphatic heterocycles. The Bertz CT molecular complexity index is 688. The minimum Gasteiger partial charge on any atom is -0.396 e. The summed E-state index contributed by atoms with van der Waals surface area (Å²) in [5, 5.41) is 10.1. The molecule has 2 aromatic rings. The van der Waals surface area contributed by atoms with Crippen molar-refractivity contribution in [1.82, 2.24) is 4.90 Å². The first-order valence-corrected chi connectivity index (χ1v) is 8.07. The van der Waals surface area contributed by atoms with Crippen LogP contribution in [0.3, 0.4) is 0 Å². The zero-order chi connectivity index (χ0) is 15.0. The number of nitrogens with zero attached hydrogens (tertiary/aromatic N) is 1. The molecule has 0 aliphatic carbocycles. The number of hydrogen-bond donors (Lipinski definition) is 1. The SMILES string of the molecule is O=C(c1sc2cc(F)ccc2c1Cl)N1CCC(CCO)C1. The van der Waals surface area contributed by atoms with E-state index in [1.165, 1.54) is 23.5 Å². The summed E-state index contributed by atoms with van der Waals surface area (Å²) in [7, 11) is 0. The number of aliphatic hydroxyl groups is 1. The number of benzene rings is 1. The fraction of sp³-hybridized carbons (Fsp3) is 0.400. The lowest BCUT2D eigenvalue weighted by atomic mass is 10.1. The molecule has 6 heteroatoms. The summed E-state index contributed by atoms with van der Waals surface area (Å²) in [6.45, 7) is 1.48. The van der Waals surface area contributed by atoms with Crippen molar-refractivity contribution in [2.75, 3.05) is 19.7 Å². The van der Waals surface area contributed by atoms with Crippen molar-refractivity contribution in [3.8, 4) is 0 Å². The zero-order valence-corrected chi connectivity index (χ0v) is 12.9. The van der Waals surface area contributed by atoms with Gasteiger partial charge in [0, 0.05) is 29.8 Å². The summed E-state index contributed by atoms with van der Waals surface area (Å²) in [5.74, 6) is -0.0739. The van der Waals surface area contributed by atoms with Gasteiger partial charge in [-0.2, -0.15) is 0 Å². The predicted molar refractivity (Wildman–Crippen MR) is 82.5 cm³/mol. The van der Waals surface area contributed by atoms with Crippen LogP contribution in [-0.2, 0) is 0 Å². The van der Waals surface area contributed by atoms with Crippen molar-refractivity contribution in [3.63, 3.8) is 0 Å². The van der Waals surface area contributed by atoms with Gasteiger partial charge in [-0.05, 0) is 37.0 Å². The average Bonchev–Trinajstić information content (AvgIpc) is 3.04. The second-order valence-corrected chi connectivity index (χ2v) is 6.73. The van der Waals surface area contributed by atoms with Gasteiger partial charge >= 0.3 is 0 Å². The van der Waals surface area contributed by atoms with Crippen LogP contribution in [-0.4, -0.2) is 35.6 Å². The van der Waals surface area contributed by atoms with Gasteiger partial charge in [0.25, 0.3) is 5.91 Å². The third-order valence-electron chi connectivity index (χ3n) is 3.90. The molecule has 1 amide bonds. The number of rotatable bonds is 3. The molecule has 1 aromatic heterocycles. The second-order valence-electron chi connectivity index (χ2n) is 5.30.